The molecule has 3 aromatic rings. The number of amides is 2. The number of rotatable bonds is 4. The number of carbonyl (C=O) groups is 1. The lowest BCUT2D eigenvalue weighted by molar-refractivity contribution is 0.252. The summed E-state index contributed by atoms with van der Waals surface area (Å²) in [5.74, 6) is 2.15. The highest BCUT2D eigenvalue weighted by molar-refractivity contribution is 5.95. The normalized spacial score (nSPS) is 16.5. The molecule has 2 amide bonds. The van der Waals surface area contributed by atoms with Crippen LogP contribution in [0, 0.1) is 13.8 Å². The zero-order chi connectivity index (χ0) is 19.3. The summed E-state index contributed by atoms with van der Waals surface area (Å²) in [5.41, 5.74) is 4.96. The molecule has 142 valence electrons. The van der Waals surface area contributed by atoms with Gasteiger partial charge in [-0.15, -0.1) is 0 Å². The van der Waals surface area contributed by atoms with Gasteiger partial charge in [0.2, 0.25) is 0 Å². The fraction of sp³-hybridized carbons (Fsp3) is 0.333. The molecule has 7 nitrogen and oxygen atoms in total. The van der Waals surface area contributed by atoms with Crippen LogP contribution in [0.2, 0.25) is 0 Å². The highest BCUT2D eigenvalue weighted by atomic mass is 16.2. The molecule has 1 saturated heterocycles. The number of anilines is 1. The van der Waals surface area contributed by atoms with Crippen LogP contribution < -0.4 is 10.2 Å². The van der Waals surface area contributed by atoms with E-state index >= 15 is 0 Å². The second-order valence-corrected chi connectivity index (χ2v) is 7.53. The molecule has 3 heterocycles. The van der Waals surface area contributed by atoms with E-state index in [2.05, 4.69) is 16.4 Å². The Hall–Kier alpha value is -3.22. The van der Waals surface area contributed by atoms with Crippen LogP contribution in [-0.4, -0.2) is 38.9 Å². The van der Waals surface area contributed by atoms with Gasteiger partial charge in [0.1, 0.15) is 0 Å². The molecule has 1 aliphatic carbocycles. The number of hydrogen-bond donors (Lipinski definition) is 1. The Morgan fingerprint density at radius 3 is 2.68 bits per heavy atom. The first kappa shape index (κ1) is 16.9. The molecular weight excluding hydrogens is 352 g/mol. The summed E-state index contributed by atoms with van der Waals surface area (Å²) < 4.78 is 1.92. The van der Waals surface area contributed by atoms with Crippen LogP contribution in [0.25, 0.3) is 17.1 Å². The first-order valence-electron chi connectivity index (χ1n) is 9.66. The molecule has 5 rings (SSSR count). The molecule has 1 aliphatic heterocycles. The van der Waals surface area contributed by atoms with Gasteiger partial charge in [-0.05, 0) is 49.9 Å². The number of benzene rings is 1. The number of carbonyl (C=O) groups excluding carboxylic acids is 1. The van der Waals surface area contributed by atoms with E-state index in [4.69, 9.17) is 10.1 Å². The molecule has 0 atom stereocenters. The maximum absolute atomic E-state index is 12.2. The topological polar surface area (TPSA) is 75.9 Å². The highest BCUT2D eigenvalue weighted by Crippen LogP contribution is 2.40. The van der Waals surface area contributed by atoms with E-state index in [0.29, 0.717) is 19.0 Å². The van der Waals surface area contributed by atoms with E-state index in [0.717, 1.165) is 52.6 Å². The summed E-state index contributed by atoms with van der Waals surface area (Å²) in [4.78, 5) is 23.1. The van der Waals surface area contributed by atoms with Gasteiger partial charge >= 0.3 is 6.03 Å². The van der Waals surface area contributed by atoms with E-state index < -0.39 is 0 Å². The van der Waals surface area contributed by atoms with Crippen LogP contribution in [0.15, 0.2) is 36.7 Å². The SMILES string of the molecule is Cc1ccc(-c2nc(C3CC3)nn2-c2ccncc2C)cc1N1CCNC1=O. The van der Waals surface area contributed by atoms with Crippen molar-refractivity contribution >= 4 is 11.7 Å². The van der Waals surface area contributed by atoms with Crippen molar-refractivity contribution in [2.75, 3.05) is 18.0 Å². The maximum Gasteiger partial charge on any atom is 0.322 e. The Balaban J connectivity index is 1.65. The van der Waals surface area contributed by atoms with Gasteiger partial charge in [-0.1, -0.05) is 12.1 Å². The van der Waals surface area contributed by atoms with Gasteiger partial charge < -0.3 is 5.32 Å². The van der Waals surface area contributed by atoms with Crippen LogP contribution in [0.4, 0.5) is 10.5 Å². The standard InChI is InChI=1S/C21H22N6O/c1-13-3-4-16(11-18(13)26-10-9-23-21(26)28)20-24-19(15-5-6-15)25-27(20)17-7-8-22-12-14(17)2/h3-4,7-8,11-12,15H,5-6,9-10H2,1-2H3,(H,23,28). The van der Waals surface area contributed by atoms with Gasteiger partial charge in [-0.2, -0.15) is 5.10 Å². The molecule has 0 unspecified atom stereocenters. The summed E-state index contributed by atoms with van der Waals surface area (Å²) >= 11 is 0. The molecule has 0 bridgehead atoms. The van der Waals surface area contributed by atoms with Crippen molar-refractivity contribution in [3.05, 3.63) is 53.6 Å². The Bertz CT molecular complexity index is 1070. The molecule has 1 aromatic carbocycles. The highest BCUT2D eigenvalue weighted by Gasteiger charge is 2.30. The van der Waals surface area contributed by atoms with Crippen molar-refractivity contribution in [2.24, 2.45) is 0 Å². The number of aromatic nitrogens is 4. The summed E-state index contributed by atoms with van der Waals surface area (Å²) in [6, 6.07) is 8.07. The predicted molar refractivity (Wildman–Crippen MR) is 107 cm³/mol. The molecule has 2 fully saturated rings. The van der Waals surface area contributed by atoms with E-state index in [1.807, 2.05) is 42.9 Å². The summed E-state index contributed by atoms with van der Waals surface area (Å²) in [6.07, 6.45) is 5.91. The number of nitrogens with one attached hydrogen (secondary N) is 1. The van der Waals surface area contributed by atoms with Crippen molar-refractivity contribution in [1.82, 2.24) is 25.1 Å². The molecule has 7 heteroatoms. The summed E-state index contributed by atoms with van der Waals surface area (Å²) in [5, 5.41) is 7.70. The molecule has 2 aliphatic rings. The third-order valence-electron chi connectivity index (χ3n) is 5.40. The lowest BCUT2D eigenvalue weighted by Crippen LogP contribution is -2.28. The van der Waals surface area contributed by atoms with Crippen molar-refractivity contribution in [3.63, 3.8) is 0 Å². The molecule has 0 spiro atoms. The van der Waals surface area contributed by atoms with Crippen molar-refractivity contribution in [2.45, 2.75) is 32.6 Å². The van der Waals surface area contributed by atoms with Gasteiger partial charge in [-0.25, -0.2) is 14.5 Å². The number of aryl methyl sites for hydroxylation is 2. The number of hydrogen-bond acceptors (Lipinski definition) is 4. The van der Waals surface area contributed by atoms with E-state index in [-0.39, 0.29) is 6.03 Å². The van der Waals surface area contributed by atoms with Gasteiger partial charge in [-0.3, -0.25) is 9.88 Å². The number of nitrogens with zero attached hydrogens (tertiary/aromatic N) is 5. The minimum absolute atomic E-state index is 0.0506. The zero-order valence-electron chi connectivity index (χ0n) is 16.0. The fourth-order valence-electron chi connectivity index (χ4n) is 3.64. The van der Waals surface area contributed by atoms with Crippen molar-refractivity contribution in [3.8, 4) is 17.1 Å². The third-order valence-corrected chi connectivity index (χ3v) is 5.40. The Labute approximate surface area is 163 Å². The first-order valence-corrected chi connectivity index (χ1v) is 9.66. The molecule has 28 heavy (non-hydrogen) atoms. The van der Waals surface area contributed by atoms with Crippen LogP contribution in [-0.2, 0) is 0 Å². The monoisotopic (exact) mass is 374 g/mol. The summed E-state index contributed by atoms with van der Waals surface area (Å²) in [7, 11) is 0. The molecule has 1 N–H and O–H groups in total. The first-order chi connectivity index (χ1) is 13.6. The van der Waals surface area contributed by atoms with Gasteiger partial charge in [0.25, 0.3) is 0 Å². The molecule has 2 aromatic heterocycles. The van der Waals surface area contributed by atoms with Gasteiger partial charge in [0, 0.05) is 42.7 Å². The molecule has 1 saturated carbocycles. The Kier molecular flexibility index (Phi) is 3.89. The summed E-state index contributed by atoms with van der Waals surface area (Å²) in [6.45, 7) is 5.39. The second kappa shape index (κ2) is 6.44. The lowest BCUT2D eigenvalue weighted by atomic mass is 10.1. The third kappa shape index (κ3) is 2.83. The minimum atomic E-state index is -0.0506. The van der Waals surface area contributed by atoms with Crippen LogP contribution in [0.3, 0.4) is 0 Å². The van der Waals surface area contributed by atoms with Gasteiger partial charge in [0.05, 0.1) is 5.69 Å². The van der Waals surface area contributed by atoms with Crippen LogP contribution in [0.5, 0.6) is 0 Å². The lowest BCUT2D eigenvalue weighted by Gasteiger charge is -2.18. The number of pyridine rings is 1. The smallest absolute Gasteiger partial charge is 0.322 e. The average molecular weight is 374 g/mol. The minimum Gasteiger partial charge on any atom is -0.336 e. The fourth-order valence-corrected chi connectivity index (χ4v) is 3.64. The quantitative estimate of drug-likeness (QED) is 0.760. The average Bonchev–Trinajstić information content (AvgIpc) is 3.31. The van der Waals surface area contributed by atoms with E-state index in [9.17, 15) is 4.79 Å². The van der Waals surface area contributed by atoms with Crippen LogP contribution >= 0.6 is 0 Å². The number of urea groups is 1. The maximum atomic E-state index is 12.2. The zero-order valence-corrected chi connectivity index (χ0v) is 16.0. The van der Waals surface area contributed by atoms with Crippen molar-refractivity contribution < 1.29 is 4.79 Å². The van der Waals surface area contributed by atoms with Gasteiger partial charge in [0.15, 0.2) is 11.6 Å². The van der Waals surface area contributed by atoms with Crippen LogP contribution in [0.1, 0.15) is 35.7 Å². The van der Waals surface area contributed by atoms with E-state index in [1.54, 1.807) is 11.1 Å². The predicted octanol–water partition coefficient (Wildman–Crippen LogP) is 3.35. The van der Waals surface area contributed by atoms with E-state index in [1.165, 1.54) is 0 Å². The Morgan fingerprint density at radius 2 is 1.96 bits per heavy atom. The van der Waals surface area contributed by atoms with Crippen molar-refractivity contribution in [1.29, 1.82) is 0 Å². The largest absolute Gasteiger partial charge is 0.336 e. The Morgan fingerprint density at radius 1 is 1.11 bits per heavy atom. The molecule has 0 radical (unpaired) electrons. The second-order valence-electron chi connectivity index (χ2n) is 7.53. The molecular formula is C21H22N6O.